The molecule has 0 bridgehead atoms. The molecule has 0 spiro atoms. The fourth-order valence-electron chi connectivity index (χ4n) is 2.17. The van der Waals surface area contributed by atoms with E-state index in [1.54, 1.807) is 11.8 Å². The van der Waals surface area contributed by atoms with Gasteiger partial charge in [0.25, 0.3) is 0 Å². The summed E-state index contributed by atoms with van der Waals surface area (Å²) < 4.78 is 0. The van der Waals surface area contributed by atoms with Gasteiger partial charge in [-0.15, -0.1) is 0 Å². The van der Waals surface area contributed by atoms with Gasteiger partial charge < -0.3 is 15.7 Å². The van der Waals surface area contributed by atoms with E-state index >= 15 is 0 Å². The maximum Gasteiger partial charge on any atom is 0.315 e. The number of aliphatic hydroxyl groups excluding tert-OH is 1. The zero-order valence-electron chi connectivity index (χ0n) is 10.1. The molecule has 1 aliphatic carbocycles. The van der Waals surface area contributed by atoms with E-state index in [0.29, 0.717) is 0 Å². The number of aliphatic hydroxyl groups is 1. The standard InChI is InChI=1S/C11H22N2O2S/c1-9(7-16-2)12-10(15)13-11(8-14)5-3-4-6-11/h9,14H,3-8H2,1-2H3,(H2,12,13,15). The Morgan fingerprint density at radius 1 is 1.50 bits per heavy atom. The Hall–Kier alpha value is -0.420. The van der Waals surface area contributed by atoms with Crippen molar-refractivity contribution < 1.29 is 9.90 Å². The molecule has 3 N–H and O–H groups in total. The number of carbonyl (C=O) groups is 1. The predicted octanol–water partition coefficient (Wildman–Crippen LogP) is 1.34. The summed E-state index contributed by atoms with van der Waals surface area (Å²) in [7, 11) is 0. The fourth-order valence-corrected chi connectivity index (χ4v) is 2.75. The summed E-state index contributed by atoms with van der Waals surface area (Å²) in [4.78, 5) is 11.7. The third kappa shape index (κ3) is 3.87. The Labute approximate surface area is 102 Å². The molecular formula is C11H22N2O2S. The predicted molar refractivity (Wildman–Crippen MR) is 67.8 cm³/mol. The highest BCUT2D eigenvalue weighted by atomic mass is 32.2. The van der Waals surface area contributed by atoms with Crippen LogP contribution in [0.5, 0.6) is 0 Å². The van der Waals surface area contributed by atoms with E-state index in [0.717, 1.165) is 31.4 Å². The first-order valence-corrected chi connectivity index (χ1v) is 7.20. The quantitative estimate of drug-likeness (QED) is 0.686. The Bertz CT molecular complexity index is 230. The maximum absolute atomic E-state index is 11.7. The van der Waals surface area contributed by atoms with E-state index in [2.05, 4.69) is 10.6 Å². The molecular weight excluding hydrogens is 224 g/mol. The SMILES string of the molecule is CSCC(C)NC(=O)NC1(CO)CCCC1. The van der Waals surface area contributed by atoms with E-state index in [1.165, 1.54) is 0 Å². The molecule has 1 atom stereocenters. The van der Waals surface area contributed by atoms with Crippen LogP contribution in [0.15, 0.2) is 0 Å². The minimum Gasteiger partial charge on any atom is -0.394 e. The van der Waals surface area contributed by atoms with Gasteiger partial charge in [-0.25, -0.2) is 4.79 Å². The lowest BCUT2D eigenvalue weighted by Gasteiger charge is -2.28. The fraction of sp³-hybridized carbons (Fsp3) is 0.909. The average Bonchev–Trinajstić information content (AvgIpc) is 2.67. The Morgan fingerprint density at radius 3 is 2.62 bits per heavy atom. The van der Waals surface area contributed by atoms with Crippen LogP contribution in [0.3, 0.4) is 0 Å². The van der Waals surface area contributed by atoms with Crippen LogP contribution in [0.25, 0.3) is 0 Å². The molecule has 94 valence electrons. The maximum atomic E-state index is 11.7. The van der Waals surface area contributed by atoms with Crippen molar-refractivity contribution in [3.05, 3.63) is 0 Å². The number of hydrogen-bond donors (Lipinski definition) is 3. The van der Waals surface area contributed by atoms with Gasteiger partial charge in [0.2, 0.25) is 0 Å². The van der Waals surface area contributed by atoms with E-state index < -0.39 is 0 Å². The van der Waals surface area contributed by atoms with Crippen LogP contribution in [0.4, 0.5) is 4.79 Å². The number of rotatable bonds is 5. The molecule has 5 heteroatoms. The van der Waals surface area contributed by atoms with Gasteiger partial charge in [-0.1, -0.05) is 12.8 Å². The molecule has 16 heavy (non-hydrogen) atoms. The van der Waals surface area contributed by atoms with E-state index in [9.17, 15) is 9.90 Å². The lowest BCUT2D eigenvalue weighted by atomic mass is 9.99. The second-order valence-corrected chi connectivity index (χ2v) is 5.51. The molecule has 1 rings (SSSR count). The van der Waals surface area contributed by atoms with E-state index in [-0.39, 0.29) is 24.2 Å². The lowest BCUT2D eigenvalue weighted by Crippen LogP contribution is -2.54. The lowest BCUT2D eigenvalue weighted by molar-refractivity contribution is 0.162. The monoisotopic (exact) mass is 246 g/mol. The summed E-state index contributed by atoms with van der Waals surface area (Å²) in [6, 6.07) is 0.00430. The van der Waals surface area contributed by atoms with Crippen molar-refractivity contribution in [1.82, 2.24) is 10.6 Å². The zero-order chi connectivity index (χ0) is 12.0. The van der Waals surface area contributed by atoms with Crippen LogP contribution in [-0.4, -0.2) is 41.3 Å². The van der Waals surface area contributed by atoms with E-state index in [1.807, 2.05) is 13.2 Å². The van der Waals surface area contributed by atoms with Gasteiger partial charge in [0, 0.05) is 11.8 Å². The Balaban J connectivity index is 2.37. The first-order chi connectivity index (χ1) is 7.62. The Morgan fingerprint density at radius 2 is 2.12 bits per heavy atom. The highest BCUT2D eigenvalue weighted by Crippen LogP contribution is 2.28. The van der Waals surface area contributed by atoms with Gasteiger partial charge >= 0.3 is 6.03 Å². The van der Waals surface area contributed by atoms with Crippen molar-refractivity contribution in [3.63, 3.8) is 0 Å². The third-order valence-electron chi connectivity index (χ3n) is 3.04. The van der Waals surface area contributed by atoms with Crippen LogP contribution >= 0.6 is 11.8 Å². The first kappa shape index (κ1) is 13.6. The van der Waals surface area contributed by atoms with Crippen LogP contribution in [0.2, 0.25) is 0 Å². The molecule has 0 heterocycles. The minimum absolute atomic E-state index is 0.0390. The normalized spacial score (nSPS) is 20.4. The third-order valence-corrected chi connectivity index (χ3v) is 3.87. The smallest absolute Gasteiger partial charge is 0.315 e. The molecule has 0 aromatic heterocycles. The molecule has 0 aromatic rings. The van der Waals surface area contributed by atoms with Gasteiger partial charge in [0.15, 0.2) is 0 Å². The zero-order valence-corrected chi connectivity index (χ0v) is 10.9. The minimum atomic E-state index is -0.372. The molecule has 0 aliphatic heterocycles. The molecule has 0 radical (unpaired) electrons. The topological polar surface area (TPSA) is 61.4 Å². The summed E-state index contributed by atoms with van der Waals surface area (Å²) in [5.74, 6) is 0.902. The molecule has 0 aromatic carbocycles. The second kappa shape index (κ2) is 6.35. The summed E-state index contributed by atoms with van der Waals surface area (Å²) in [6.45, 7) is 2.02. The number of carbonyl (C=O) groups excluding carboxylic acids is 1. The first-order valence-electron chi connectivity index (χ1n) is 5.80. The van der Waals surface area contributed by atoms with Crippen molar-refractivity contribution in [2.75, 3.05) is 18.6 Å². The van der Waals surface area contributed by atoms with Crippen LogP contribution in [-0.2, 0) is 0 Å². The summed E-state index contributed by atoms with van der Waals surface area (Å²) in [5.41, 5.74) is -0.372. The molecule has 1 unspecified atom stereocenters. The summed E-state index contributed by atoms with van der Waals surface area (Å²) in [6.07, 6.45) is 5.95. The number of hydrogen-bond acceptors (Lipinski definition) is 3. The van der Waals surface area contributed by atoms with Gasteiger partial charge in [0.1, 0.15) is 0 Å². The highest BCUT2D eigenvalue weighted by molar-refractivity contribution is 7.98. The van der Waals surface area contributed by atoms with Gasteiger partial charge in [-0.05, 0) is 26.0 Å². The van der Waals surface area contributed by atoms with Crippen molar-refractivity contribution >= 4 is 17.8 Å². The molecule has 1 saturated carbocycles. The van der Waals surface area contributed by atoms with Crippen molar-refractivity contribution in [2.24, 2.45) is 0 Å². The summed E-state index contributed by atoms with van der Waals surface area (Å²) >= 11 is 1.71. The number of urea groups is 1. The van der Waals surface area contributed by atoms with Crippen LogP contribution in [0.1, 0.15) is 32.6 Å². The van der Waals surface area contributed by atoms with Gasteiger partial charge in [-0.3, -0.25) is 0 Å². The molecule has 1 aliphatic rings. The molecule has 1 fully saturated rings. The number of thioether (sulfide) groups is 1. The summed E-state index contributed by atoms with van der Waals surface area (Å²) in [5, 5.41) is 15.2. The second-order valence-electron chi connectivity index (χ2n) is 4.60. The van der Waals surface area contributed by atoms with Crippen molar-refractivity contribution in [2.45, 2.75) is 44.2 Å². The molecule has 2 amide bonds. The molecule has 0 saturated heterocycles. The average molecular weight is 246 g/mol. The van der Waals surface area contributed by atoms with Gasteiger partial charge in [-0.2, -0.15) is 11.8 Å². The van der Waals surface area contributed by atoms with E-state index in [4.69, 9.17) is 0 Å². The highest BCUT2D eigenvalue weighted by Gasteiger charge is 2.34. The van der Waals surface area contributed by atoms with Gasteiger partial charge in [0.05, 0.1) is 12.1 Å². The van der Waals surface area contributed by atoms with Crippen LogP contribution < -0.4 is 10.6 Å². The van der Waals surface area contributed by atoms with Crippen molar-refractivity contribution in [3.8, 4) is 0 Å². The van der Waals surface area contributed by atoms with Crippen molar-refractivity contribution in [1.29, 1.82) is 0 Å². The molecule has 4 nitrogen and oxygen atoms in total. The number of nitrogens with one attached hydrogen (secondary N) is 2. The Kier molecular flexibility index (Phi) is 5.41. The largest absolute Gasteiger partial charge is 0.394 e. The number of amides is 2. The van der Waals surface area contributed by atoms with Crippen LogP contribution in [0, 0.1) is 0 Å².